The van der Waals surface area contributed by atoms with Gasteiger partial charge in [0, 0.05) is 16.1 Å². The molecule has 0 saturated heterocycles. The van der Waals surface area contributed by atoms with Crippen LogP contribution >= 0.6 is 11.6 Å². The summed E-state index contributed by atoms with van der Waals surface area (Å²) in [5.74, 6) is 0.308. The van der Waals surface area contributed by atoms with Crippen LogP contribution in [0, 0.1) is 0 Å². The van der Waals surface area contributed by atoms with Crippen LogP contribution in [0.1, 0.15) is 48.3 Å². The number of anilines is 1. The van der Waals surface area contributed by atoms with Gasteiger partial charge in [0.05, 0.1) is 7.11 Å². The van der Waals surface area contributed by atoms with Gasteiger partial charge in [0.2, 0.25) is 0 Å². The van der Waals surface area contributed by atoms with Crippen molar-refractivity contribution >= 4 is 23.3 Å². The van der Waals surface area contributed by atoms with Crippen LogP contribution in [0.4, 0.5) is 5.69 Å². The molecule has 1 unspecified atom stereocenters. The molecular formula is C28H28ClNO3. The fourth-order valence-corrected chi connectivity index (χ4v) is 6.31. The largest absolute Gasteiger partial charge is 0.508 e. The Labute approximate surface area is 199 Å². The van der Waals surface area contributed by atoms with Crippen molar-refractivity contribution in [3.63, 3.8) is 0 Å². The van der Waals surface area contributed by atoms with E-state index in [0.29, 0.717) is 23.6 Å². The lowest BCUT2D eigenvalue weighted by atomic mass is 9.59. The van der Waals surface area contributed by atoms with Crippen LogP contribution in [0.5, 0.6) is 5.75 Å². The fraction of sp³-hybridized carbons (Fsp3) is 0.321. The molecule has 4 nitrogen and oxygen atoms in total. The number of phenolic OH excluding ortho intramolecular Hbond substituents is 1. The predicted molar refractivity (Wildman–Crippen MR) is 131 cm³/mol. The number of benzene rings is 3. The van der Waals surface area contributed by atoms with E-state index in [1.165, 1.54) is 18.2 Å². The van der Waals surface area contributed by atoms with Crippen molar-refractivity contribution in [1.82, 2.24) is 0 Å². The van der Waals surface area contributed by atoms with Gasteiger partial charge in [-0.25, -0.2) is 4.79 Å². The minimum absolute atomic E-state index is 0.0854. The molecule has 2 aliphatic rings. The normalized spacial score (nSPS) is 26.1. The summed E-state index contributed by atoms with van der Waals surface area (Å²) in [5, 5.41) is 14.3. The molecule has 33 heavy (non-hydrogen) atoms. The van der Waals surface area contributed by atoms with Gasteiger partial charge in [0.25, 0.3) is 0 Å². The molecular weight excluding hydrogens is 434 g/mol. The first kappa shape index (κ1) is 21.8. The van der Waals surface area contributed by atoms with Gasteiger partial charge in [-0.15, -0.1) is 0 Å². The van der Waals surface area contributed by atoms with Gasteiger partial charge in [-0.3, -0.25) is 0 Å². The van der Waals surface area contributed by atoms with Crippen molar-refractivity contribution in [3.05, 3.63) is 94.5 Å². The van der Waals surface area contributed by atoms with E-state index in [1.54, 1.807) is 6.07 Å². The number of nitrogens with one attached hydrogen (secondary N) is 1. The number of ether oxygens (including phenoxy) is 1. The Morgan fingerprint density at radius 2 is 1.76 bits per heavy atom. The summed E-state index contributed by atoms with van der Waals surface area (Å²) in [6.07, 6.45) is 3.91. The maximum absolute atomic E-state index is 13.1. The third kappa shape index (κ3) is 3.76. The Balaban J connectivity index is 1.52. The number of esters is 1. The Kier molecular flexibility index (Phi) is 5.57. The number of halogens is 1. The van der Waals surface area contributed by atoms with Crippen LogP contribution < -0.4 is 5.32 Å². The second-order valence-corrected chi connectivity index (χ2v) is 9.81. The molecule has 2 N–H and O–H groups in total. The second kappa shape index (κ2) is 8.42. The van der Waals surface area contributed by atoms with Crippen molar-refractivity contribution in [2.75, 3.05) is 12.4 Å². The van der Waals surface area contributed by atoms with Gasteiger partial charge in [-0.2, -0.15) is 0 Å². The second-order valence-electron chi connectivity index (χ2n) is 9.37. The number of fused-ring (bicyclic) bond motifs is 2. The zero-order valence-electron chi connectivity index (χ0n) is 18.7. The Morgan fingerprint density at radius 1 is 1.00 bits per heavy atom. The average Bonchev–Trinajstić information content (AvgIpc) is 3.14. The highest BCUT2D eigenvalue weighted by Crippen LogP contribution is 2.58. The summed E-state index contributed by atoms with van der Waals surface area (Å²) in [7, 11) is 1.45. The van der Waals surface area contributed by atoms with E-state index in [9.17, 15) is 9.90 Å². The molecule has 3 aromatic rings. The van der Waals surface area contributed by atoms with E-state index < -0.39 is 5.54 Å². The first-order valence-electron chi connectivity index (χ1n) is 11.5. The van der Waals surface area contributed by atoms with Crippen LogP contribution in [-0.2, 0) is 21.4 Å². The van der Waals surface area contributed by atoms with Crippen LogP contribution in [0.25, 0.3) is 0 Å². The van der Waals surface area contributed by atoms with E-state index >= 15 is 0 Å². The monoisotopic (exact) mass is 461 g/mol. The minimum Gasteiger partial charge on any atom is -0.508 e. The molecule has 5 rings (SSSR count). The molecule has 1 fully saturated rings. The molecule has 2 aliphatic carbocycles. The molecule has 1 spiro atoms. The Hall–Kier alpha value is -2.98. The Morgan fingerprint density at radius 3 is 2.48 bits per heavy atom. The van der Waals surface area contributed by atoms with Gasteiger partial charge in [-0.1, -0.05) is 54.1 Å². The summed E-state index contributed by atoms with van der Waals surface area (Å²) >= 11 is 6.20. The minimum atomic E-state index is -0.800. The SMILES string of the molecule is COC(=O)C1(Nc2cccc(Cl)c2)CCC2(CC1)c1ccccc1CC2c1cccc(O)c1. The van der Waals surface area contributed by atoms with Gasteiger partial charge in [0.15, 0.2) is 0 Å². The predicted octanol–water partition coefficient (Wildman–Crippen LogP) is 6.22. The summed E-state index contributed by atoms with van der Waals surface area (Å²) in [6.45, 7) is 0. The molecule has 0 aliphatic heterocycles. The highest BCUT2D eigenvalue weighted by atomic mass is 35.5. The number of rotatable bonds is 4. The number of carbonyl (C=O) groups is 1. The maximum atomic E-state index is 13.1. The lowest BCUT2D eigenvalue weighted by Gasteiger charge is -2.47. The van der Waals surface area contributed by atoms with Crippen LogP contribution in [-0.4, -0.2) is 23.7 Å². The lowest BCUT2D eigenvalue weighted by Crippen LogP contribution is -2.53. The third-order valence-electron chi connectivity index (χ3n) is 7.70. The van der Waals surface area contributed by atoms with E-state index in [2.05, 4.69) is 35.6 Å². The quantitative estimate of drug-likeness (QED) is 0.453. The molecule has 5 heteroatoms. The fourth-order valence-electron chi connectivity index (χ4n) is 6.12. The molecule has 0 aromatic heterocycles. The topological polar surface area (TPSA) is 58.6 Å². The first-order chi connectivity index (χ1) is 16.0. The van der Waals surface area contributed by atoms with Crippen molar-refractivity contribution < 1.29 is 14.6 Å². The zero-order chi connectivity index (χ0) is 23.1. The van der Waals surface area contributed by atoms with E-state index in [4.69, 9.17) is 16.3 Å². The van der Waals surface area contributed by atoms with E-state index in [1.807, 2.05) is 36.4 Å². The molecule has 1 atom stereocenters. The molecule has 0 bridgehead atoms. The summed E-state index contributed by atoms with van der Waals surface area (Å²) < 4.78 is 5.28. The number of methoxy groups -OCH3 is 1. The molecule has 0 heterocycles. The van der Waals surface area contributed by atoms with Gasteiger partial charge in [-0.05, 0) is 85.0 Å². The standard InChI is InChI=1S/C28H28ClNO3/c1-33-26(32)28(30-22-9-5-8-21(29)18-22)14-12-27(13-15-28)24-11-3-2-6-20(24)17-25(27)19-7-4-10-23(31)16-19/h2-11,16,18,25,30-31H,12-15,17H2,1H3. The highest BCUT2D eigenvalue weighted by Gasteiger charge is 2.54. The van der Waals surface area contributed by atoms with Crippen molar-refractivity contribution in [2.45, 2.75) is 49.0 Å². The van der Waals surface area contributed by atoms with Gasteiger partial charge >= 0.3 is 5.97 Å². The smallest absolute Gasteiger partial charge is 0.331 e. The lowest BCUT2D eigenvalue weighted by molar-refractivity contribution is -0.147. The molecule has 170 valence electrons. The summed E-state index contributed by atoms with van der Waals surface area (Å²) in [4.78, 5) is 13.1. The summed E-state index contributed by atoms with van der Waals surface area (Å²) in [6, 6.07) is 23.8. The number of hydrogen-bond donors (Lipinski definition) is 2. The van der Waals surface area contributed by atoms with Crippen molar-refractivity contribution in [1.29, 1.82) is 0 Å². The van der Waals surface area contributed by atoms with Crippen LogP contribution in [0.15, 0.2) is 72.8 Å². The number of phenols is 1. The maximum Gasteiger partial charge on any atom is 0.331 e. The summed E-state index contributed by atoms with van der Waals surface area (Å²) in [5.41, 5.74) is 3.82. The van der Waals surface area contributed by atoms with Crippen LogP contribution in [0.3, 0.4) is 0 Å². The number of aromatic hydroxyl groups is 1. The number of hydrogen-bond acceptors (Lipinski definition) is 4. The Bertz CT molecular complexity index is 1180. The van der Waals surface area contributed by atoms with Crippen LogP contribution in [0.2, 0.25) is 5.02 Å². The molecule has 1 saturated carbocycles. The molecule has 0 radical (unpaired) electrons. The first-order valence-corrected chi connectivity index (χ1v) is 11.8. The third-order valence-corrected chi connectivity index (χ3v) is 7.93. The molecule has 0 amide bonds. The van der Waals surface area contributed by atoms with Gasteiger partial charge < -0.3 is 15.2 Å². The average molecular weight is 462 g/mol. The number of carbonyl (C=O) groups excluding carboxylic acids is 1. The van der Waals surface area contributed by atoms with E-state index in [0.717, 1.165) is 30.5 Å². The molecule has 3 aromatic carbocycles. The van der Waals surface area contributed by atoms with Gasteiger partial charge in [0.1, 0.15) is 11.3 Å². The van der Waals surface area contributed by atoms with Crippen molar-refractivity contribution in [3.8, 4) is 5.75 Å². The van der Waals surface area contributed by atoms with E-state index in [-0.39, 0.29) is 17.3 Å². The van der Waals surface area contributed by atoms with Crippen molar-refractivity contribution in [2.24, 2.45) is 0 Å². The zero-order valence-corrected chi connectivity index (χ0v) is 19.4. The highest BCUT2D eigenvalue weighted by molar-refractivity contribution is 6.30.